The summed E-state index contributed by atoms with van der Waals surface area (Å²) in [6.45, 7) is 0. The zero-order valence-corrected chi connectivity index (χ0v) is 7.70. The van der Waals surface area contributed by atoms with E-state index in [0.29, 0.717) is 5.75 Å². The van der Waals surface area contributed by atoms with Crippen LogP contribution in [-0.2, 0) is 10.9 Å². The highest BCUT2D eigenvalue weighted by Gasteiger charge is 2.51. The largest absolute Gasteiger partial charge is 0.387 e. The Morgan fingerprint density at radius 1 is 1.08 bits per heavy atom. The van der Waals surface area contributed by atoms with Crippen LogP contribution in [0.15, 0.2) is 0 Å². The van der Waals surface area contributed by atoms with Crippen LogP contribution in [0, 0.1) is 0 Å². The number of fused-ring (bicyclic) bond motifs is 1. The Hall–Kier alpha value is 0.230. The van der Waals surface area contributed by atoms with Crippen LogP contribution in [-0.4, -0.2) is 50.4 Å². The van der Waals surface area contributed by atoms with Gasteiger partial charge >= 0.3 is 0 Å². The summed E-state index contributed by atoms with van der Waals surface area (Å²) in [5.41, 5.74) is 0. The van der Waals surface area contributed by atoms with E-state index in [1.165, 1.54) is 0 Å². The number of aliphatic hydroxyl groups excluding tert-OH is 3. The van der Waals surface area contributed by atoms with Gasteiger partial charge in [0.25, 0.3) is 0 Å². The minimum Gasteiger partial charge on any atom is -0.387 e. The van der Waals surface area contributed by atoms with Gasteiger partial charge in [0.2, 0.25) is 0 Å². The van der Waals surface area contributed by atoms with Gasteiger partial charge < -0.3 is 15.3 Å². The molecule has 2 aliphatic heterocycles. The molecule has 2 saturated heterocycles. The van der Waals surface area contributed by atoms with Crippen molar-refractivity contribution in [3.05, 3.63) is 0 Å². The Bertz CT molecular complexity index is 176. The van der Waals surface area contributed by atoms with Gasteiger partial charge in [-0.05, 0) is 17.3 Å². The van der Waals surface area contributed by atoms with Crippen molar-refractivity contribution in [3.8, 4) is 0 Å². The van der Waals surface area contributed by atoms with Crippen molar-refractivity contribution >= 4 is 10.9 Å². The number of hydrogen-bond acceptors (Lipinski definition) is 3. The lowest BCUT2D eigenvalue weighted by Crippen LogP contribution is -2.54. The molecule has 12 heavy (non-hydrogen) atoms. The van der Waals surface area contributed by atoms with E-state index in [1.807, 2.05) is 0 Å². The Balaban J connectivity index is 2.10. The summed E-state index contributed by atoms with van der Waals surface area (Å²) >= 11 is 0. The molecule has 5 atom stereocenters. The van der Waals surface area contributed by atoms with Gasteiger partial charge in [0.05, 0.1) is 0 Å². The van der Waals surface area contributed by atoms with Gasteiger partial charge in [-0.25, -0.2) is 0 Å². The summed E-state index contributed by atoms with van der Waals surface area (Å²) in [5, 5.41) is 28.7. The lowest BCUT2D eigenvalue weighted by molar-refractivity contribution is -0.0558. The molecule has 2 aliphatic rings. The van der Waals surface area contributed by atoms with Crippen LogP contribution in [0.3, 0.4) is 0 Å². The second-order valence-electron chi connectivity index (χ2n) is 3.64. The van der Waals surface area contributed by atoms with Crippen LogP contribution in [0.5, 0.6) is 0 Å². The standard InChI is InChI=1S/C8H15O3S/c9-5-4-12-3-1-2-6(12)8(11)7(5)10/h5-11H,1-4H2/q+1. The van der Waals surface area contributed by atoms with Crippen molar-refractivity contribution in [3.63, 3.8) is 0 Å². The van der Waals surface area contributed by atoms with E-state index in [1.54, 1.807) is 0 Å². The van der Waals surface area contributed by atoms with Crippen LogP contribution >= 0.6 is 0 Å². The molecule has 3 nitrogen and oxygen atoms in total. The Morgan fingerprint density at radius 3 is 2.58 bits per heavy atom. The van der Waals surface area contributed by atoms with E-state index in [-0.39, 0.29) is 16.1 Å². The van der Waals surface area contributed by atoms with Crippen molar-refractivity contribution < 1.29 is 15.3 Å². The number of aliphatic hydroxyl groups is 3. The van der Waals surface area contributed by atoms with Crippen LogP contribution in [0.4, 0.5) is 0 Å². The van der Waals surface area contributed by atoms with E-state index in [4.69, 9.17) is 0 Å². The molecule has 5 unspecified atom stereocenters. The first kappa shape index (κ1) is 8.81. The summed E-state index contributed by atoms with van der Waals surface area (Å²) in [6, 6.07) is 0. The second-order valence-corrected chi connectivity index (χ2v) is 6.06. The molecule has 0 aromatic carbocycles. The minimum absolute atomic E-state index is 0.174. The van der Waals surface area contributed by atoms with Gasteiger partial charge in [-0.2, -0.15) is 0 Å². The van der Waals surface area contributed by atoms with Gasteiger partial charge in [-0.3, -0.25) is 0 Å². The zero-order valence-electron chi connectivity index (χ0n) is 6.89. The average Bonchev–Trinajstić information content (AvgIpc) is 2.48. The van der Waals surface area contributed by atoms with Crippen molar-refractivity contribution in [1.82, 2.24) is 0 Å². The first-order valence-electron chi connectivity index (χ1n) is 4.40. The topological polar surface area (TPSA) is 60.7 Å². The molecule has 4 heteroatoms. The molecule has 2 fully saturated rings. The SMILES string of the molecule is OC1C[S+]2CCCC2C(O)C1O. The van der Waals surface area contributed by atoms with E-state index >= 15 is 0 Å². The molecule has 3 N–H and O–H groups in total. The Labute approximate surface area is 74.8 Å². The average molecular weight is 191 g/mol. The summed E-state index contributed by atoms with van der Waals surface area (Å²) in [7, 11) is 0.174. The molecule has 0 spiro atoms. The highest BCUT2D eigenvalue weighted by Crippen LogP contribution is 2.32. The Morgan fingerprint density at radius 2 is 1.83 bits per heavy atom. The van der Waals surface area contributed by atoms with Crippen LogP contribution in [0.2, 0.25) is 0 Å². The quantitative estimate of drug-likeness (QED) is 0.424. The fourth-order valence-electron chi connectivity index (χ4n) is 2.13. The molecule has 0 amide bonds. The van der Waals surface area contributed by atoms with Crippen LogP contribution in [0.25, 0.3) is 0 Å². The number of rotatable bonds is 0. The summed E-state index contributed by atoms with van der Waals surface area (Å²) < 4.78 is 0. The smallest absolute Gasteiger partial charge is 0.146 e. The molecular formula is C8H15O3S+. The molecular weight excluding hydrogens is 176 g/mol. The second kappa shape index (κ2) is 3.18. The van der Waals surface area contributed by atoms with Gasteiger partial charge in [-0.15, -0.1) is 0 Å². The molecule has 0 bridgehead atoms. The van der Waals surface area contributed by atoms with Crippen molar-refractivity contribution in [2.45, 2.75) is 36.4 Å². The zero-order chi connectivity index (χ0) is 8.72. The highest BCUT2D eigenvalue weighted by atomic mass is 32.2. The molecule has 0 saturated carbocycles. The van der Waals surface area contributed by atoms with E-state index in [9.17, 15) is 15.3 Å². The van der Waals surface area contributed by atoms with Crippen molar-refractivity contribution in [1.29, 1.82) is 0 Å². The molecule has 2 rings (SSSR count). The molecule has 2 heterocycles. The fourth-order valence-corrected chi connectivity index (χ4v) is 5.07. The van der Waals surface area contributed by atoms with Gasteiger partial charge in [-0.1, -0.05) is 0 Å². The Kier molecular flexibility index (Phi) is 2.33. The molecule has 0 aliphatic carbocycles. The molecule has 0 radical (unpaired) electrons. The summed E-state index contributed by atoms with van der Waals surface area (Å²) in [5.74, 6) is 1.83. The summed E-state index contributed by atoms with van der Waals surface area (Å²) in [6.07, 6.45) is -0.118. The fraction of sp³-hybridized carbons (Fsp3) is 1.00. The van der Waals surface area contributed by atoms with E-state index < -0.39 is 18.3 Å². The maximum absolute atomic E-state index is 9.62. The van der Waals surface area contributed by atoms with Crippen molar-refractivity contribution in [2.24, 2.45) is 0 Å². The molecule has 0 aromatic rings. The first-order chi connectivity index (χ1) is 5.70. The normalized spacial score (nSPS) is 53.8. The highest BCUT2D eigenvalue weighted by molar-refractivity contribution is 7.97. The maximum atomic E-state index is 9.62. The van der Waals surface area contributed by atoms with Gasteiger partial charge in [0.15, 0.2) is 0 Å². The van der Waals surface area contributed by atoms with Crippen LogP contribution in [0.1, 0.15) is 12.8 Å². The monoisotopic (exact) mass is 191 g/mol. The third kappa shape index (κ3) is 1.27. The predicted molar refractivity (Wildman–Crippen MR) is 48.1 cm³/mol. The molecule has 0 aromatic heterocycles. The van der Waals surface area contributed by atoms with Gasteiger partial charge in [0.1, 0.15) is 35.1 Å². The van der Waals surface area contributed by atoms with Crippen molar-refractivity contribution in [2.75, 3.05) is 11.5 Å². The lowest BCUT2D eigenvalue weighted by Gasteiger charge is -2.31. The third-order valence-corrected chi connectivity index (χ3v) is 5.79. The minimum atomic E-state index is -0.906. The van der Waals surface area contributed by atoms with Gasteiger partial charge in [0, 0.05) is 6.42 Å². The maximum Gasteiger partial charge on any atom is 0.146 e. The molecule has 70 valence electrons. The number of hydrogen-bond donors (Lipinski definition) is 3. The lowest BCUT2D eigenvalue weighted by atomic mass is 10.0. The van der Waals surface area contributed by atoms with E-state index in [0.717, 1.165) is 18.6 Å². The van der Waals surface area contributed by atoms with E-state index in [2.05, 4.69) is 0 Å². The predicted octanol–water partition coefficient (Wildman–Crippen LogP) is -1.14. The summed E-state index contributed by atoms with van der Waals surface area (Å²) in [4.78, 5) is 0. The van der Waals surface area contributed by atoms with Crippen LogP contribution < -0.4 is 0 Å². The first-order valence-corrected chi connectivity index (χ1v) is 6.03. The third-order valence-electron chi connectivity index (χ3n) is 2.83.